The zero-order chi connectivity index (χ0) is 23.0. The highest BCUT2D eigenvalue weighted by Crippen LogP contribution is 2.51. The van der Waals surface area contributed by atoms with Gasteiger partial charge in [-0.25, -0.2) is 9.59 Å². The van der Waals surface area contributed by atoms with Crippen LogP contribution in [0.1, 0.15) is 32.6 Å². The van der Waals surface area contributed by atoms with Crippen molar-refractivity contribution in [2.75, 3.05) is 21.3 Å². The molecule has 1 aromatic carbocycles. The van der Waals surface area contributed by atoms with Crippen LogP contribution >= 0.6 is 0 Å². The van der Waals surface area contributed by atoms with Gasteiger partial charge in [0.15, 0.2) is 12.1 Å². The lowest BCUT2D eigenvalue weighted by molar-refractivity contribution is -0.190. The van der Waals surface area contributed by atoms with E-state index in [9.17, 15) is 14.4 Å². The molecule has 0 amide bonds. The smallest absolute Gasteiger partial charge is 0.354 e. The Balaban J connectivity index is 2.25. The van der Waals surface area contributed by atoms with Crippen molar-refractivity contribution in [1.82, 2.24) is 0 Å². The van der Waals surface area contributed by atoms with Crippen molar-refractivity contribution >= 4 is 17.7 Å². The molecule has 1 aliphatic heterocycles. The molecule has 1 saturated heterocycles. The number of carbonyl (C=O) groups excluding carboxylic acids is 3. The molecule has 0 bridgehead atoms. The Morgan fingerprint density at radius 1 is 0.935 bits per heavy atom. The number of esters is 2. The fourth-order valence-electron chi connectivity index (χ4n) is 3.65. The van der Waals surface area contributed by atoms with Gasteiger partial charge in [0.05, 0.1) is 21.3 Å². The van der Waals surface area contributed by atoms with Crippen molar-refractivity contribution in [2.45, 2.75) is 38.3 Å². The topological polar surface area (TPSA) is 97.4 Å². The molecule has 8 heteroatoms. The molecule has 0 unspecified atom stereocenters. The van der Waals surface area contributed by atoms with Gasteiger partial charge in [-0.05, 0) is 35.3 Å². The van der Waals surface area contributed by atoms with E-state index in [0.717, 1.165) is 14.2 Å². The third-order valence-electron chi connectivity index (χ3n) is 5.44. The summed E-state index contributed by atoms with van der Waals surface area (Å²) in [5, 5.41) is 0. The van der Waals surface area contributed by atoms with Crippen LogP contribution in [0.25, 0.3) is 0 Å². The lowest BCUT2D eigenvalue weighted by Gasteiger charge is -2.37. The number of ether oxygens (including phenoxy) is 5. The maximum absolute atomic E-state index is 13.3. The number of methoxy groups -OCH3 is 3. The van der Waals surface area contributed by atoms with Crippen molar-refractivity contribution in [3.05, 3.63) is 53.6 Å². The highest BCUT2D eigenvalue weighted by molar-refractivity contribution is 6.16. The number of carbonyl (C=O) groups is 3. The van der Waals surface area contributed by atoms with Crippen molar-refractivity contribution in [2.24, 2.45) is 5.41 Å². The molecule has 0 N–H and O–H groups in total. The third-order valence-corrected chi connectivity index (χ3v) is 5.44. The van der Waals surface area contributed by atoms with Crippen LogP contribution in [0.5, 0.6) is 5.75 Å². The number of ketones is 1. The molecule has 1 aromatic rings. The largest absolute Gasteiger partial charge is 0.497 e. The van der Waals surface area contributed by atoms with Gasteiger partial charge in [-0.1, -0.05) is 39.0 Å². The third kappa shape index (κ3) is 3.45. The van der Waals surface area contributed by atoms with E-state index in [2.05, 4.69) is 0 Å². The van der Waals surface area contributed by atoms with Crippen LogP contribution in [-0.4, -0.2) is 50.3 Å². The van der Waals surface area contributed by atoms with E-state index in [1.807, 2.05) is 20.8 Å². The number of hydrogen-bond acceptors (Lipinski definition) is 8. The SMILES string of the molecule is COC(=O)C1(C(=O)OC)O[C@H](c2ccc(OC)cc2)O[C@]12C=C(C(C)(C)C)C=CC2=O. The van der Waals surface area contributed by atoms with E-state index >= 15 is 0 Å². The van der Waals surface area contributed by atoms with Crippen molar-refractivity contribution in [3.63, 3.8) is 0 Å². The van der Waals surface area contributed by atoms with Crippen LogP contribution in [0.3, 0.4) is 0 Å². The number of benzene rings is 1. The van der Waals surface area contributed by atoms with Gasteiger partial charge in [-0.3, -0.25) is 4.79 Å². The molecule has 0 saturated carbocycles. The van der Waals surface area contributed by atoms with Crippen LogP contribution in [0.15, 0.2) is 48.1 Å². The summed E-state index contributed by atoms with van der Waals surface area (Å²) >= 11 is 0. The van der Waals surface area contributed by atoms with E-state index in [1.165, 1.54) is 19.3 Å². The second-order valence-electron chi connectivity index (χ2n) is 8.29. The van der Waals surface area contributed by atoms with Gasteiger partial charge in [0.25, 0.3) is 0 Å². The normalized spacial score (nSPS) is 24.6. The van der Waals surface area contributed by atoms with Gasteiger partial charge in [-0.15, -0.1) is 0 Å². The highest BCUT2D eigenvalue weighted by atomic mass is 16.8. The lowest BCUT2D eigenvalue weighted by atomic mass is 9.71. The van der Waals surface area contributed by atoms with Crippen molar-refractivity contribution in [1.29, 1.82) is 0 Å². The van der Waals surface area contributed by atoms with Gasteiger partial charge >= 0.3 is 17.5 Å². The monoisotopic (exact) mass is 430 g/mol. The standard InChI is InChI=1S/C23H26O8/c1-21(2,3)15-9-12-17(24)22(13-15)23(19(25)28-5,20(26)29-6)31-18(30-22)14-7-10-16(27-4)11-8-14/h7-13,18H,1-6H3/t18-,22+/m1/s1. The predicted molar refractivity (Wildman–Crippen MR) is 109 cm³/mol. The Bertz CT molecular complexity index is 935. The maximum atomic E-state index is 13.3. The molecule has 2 aliphatic rings. The minimum atomic E-state index is -2.49. The Labute approximate surface area is 180 Å². The van der Waals surface area contributed by atoms with Crippen molar-refractivity contribution in [3.8, 4) is 5.75 Å². The van der Waals surface area contributed by atoms with Gasteiger partial charge < -0.3 is 23.7 Å². The summed E-state index contributed by atoms with van der Waals surface area (Å²) in [5.41, 5.74) is -3.84. The van der Waals surface area contributed by atoms with E-state index < -0.39 is 40.6 Å². The molecular weight excluding hydrogens is 404 g/mol. The number of allylic oxidation sites excluding steroid dienone is 2. The zero-order valence-electron chi connectivity index (χ0n) is 18.4. The molecule has 1 heterocycles. The molecule has 31 heavy (non-hydrogen) atoms. The summed E-state index contributed by atoms with van der Waals surface area (Å²) in [4.78, 5) is 39.3. The minimum absolute atomic E-state index is 0.413. The van der Waals surface area contributed by atoms with Crippen LogP contribution in [0.2, 0.25) is 0 Å². The second-order valence-corrected chi connectivity index (χ2v) is 8.29. The fourth-order valence-corrected chi connectivity index (χ4v) is 3.65. The van der Waals surface area contributed by atoms with Gasteiger partial charge in [-0.2, -0.15) is 0 Å². The first kappa shape index (κ1) is 22.7. The molecule has 0 aromatic heterocycles. The Hall–Kier alpha value is -2.97. The quantitative estimate of drug-likeness (QED) is 0.531. The summed E-state index contributed by atoms with van der Waals surface area (Å²) < 4.78 is 27.0. The van der Waals surface area contributed by atoms with Gasteiger partial charge in [0, 0.05) is 5.56 Å². The van der Waals surface area contributed by atoms with E-state index in [0.29, 0.717) is 16.9 Å². The maximum Gasteiger partial charge on any atom is 0.354 e. The van der Waals surface area contributed by atoms with Crippen LogP contribution in [0, 0.1) is 5.41 Å². The van der Waals surface area contributed by atoms with E-state index in [-0.39, 0.29) is 0 Å². The first-order chi connectivity index (χ1) is 14.6. The van der Waals surface area contributed by atoms with E-state index in [1.54, 1.807) is 30.3 Å². The van der Waals surface area contributed by atoms with Crippen LogP contribution in [0.4, 0.5) is 0 Å². The molecule has 8 nitrogen and oxygen atoms in total. The first-order valence-corrected chi connectivity index (χ1v) is 9.68. The highest BCUT2D eigenvalue weighted by Gasteiger charge is 2.75. The summed E-state index contributed by atoms with van der Waals surface area (Å²) in [6.45, 7) is 5.80. The average molecular weight is 430 g/mol. The molecule has 3 rings (SSSR count). The lowest BCUT2D eigenvalue weighted by Crippen LogP contribution is -2.66. The fraction of sp³-hybridized carbons (Fsp3) is 0.435. The summed E-state index contributed by atoms with van der Waals surface area (Å²) in [7, 11) is 3.72. The molecular formula is C23H26O8. The summed E-state index contributed by atoms with van der Waals surface area (Å²) in [5.74, 6) is -2.23. The summed E-state index contributed by atoms with van der Waals surface area (Å²) in [6.07, 6.45) is 3.15. The minimum Gasteiger partial charge on any atom is -0.497 e. The Morgan fingerprint density at radius 3 is 2.00 bits per heavy atom. The predicted octanol–water partition coefficient (Wildman–Crippen LogP) is 2.68. The molecule has 1 aliphatic carbocycles. The molecule has 166 valence electrons. The van der Waals surface area contributed by atoms with Crippen molar-refractivity contribution < 1.29 is 38.1 Å². The van der Waals surface area contributed by atoms with Gasteiger partial charge in [0.1, 0.15) is 5.75 Å². The molecule has 2 atom stereocenters. The molecule has 0 radical (unpaired) electrons. The van der Waals surface area contributed by atoms with Gasteiger partial charge in [0.2, 0.25) is 5.60 Å². The van der Waals surface area contributed by atoms with Crippen LogP contribution < -0.4 is 4.74 Å². The molecule has 1 fully saturated rings. The molecule has 1 spiro atoms. The zero-order valence-corrected chi connectivity index (χ0v) is 18.4. The van der Waals surface area contributed by atoms with E-state index in [4.69, 9.17) is 23.7 Å². The average Bonchev–Trinajstić information content (AvgIpc) is 3.10. The first-order valence-electron chi connectivity index (χ1n) is 9.68. The second kappa shape index (κ2) is 7.94. The Morgan fingerprint density at radius 2 is 1.52 bits per heavy atom. The number of hydrogen-bond donors (Lipinski definition) is 0. The summed E-state index contributed by atoms with van der Waals surface area (Å²) in [6, 6.07) is 6.65. The number of rotatable bonds is 4. The van der Waals surface area contributed by atoms with Crippen LogP contribution in [-0.2, 0) is 33.3 Å². The Kier molecular flexibility index (Phi) is 5.82.